The molecule has 0 fully saturated rings. The monoisotopic (exact) mass is 307 g/mol. The number of benzene rings is 1. The largest absolute Gasteiger partial charge is 0.308 e. The number of hydrogen-bond donors (Lipinski definition) is 1. The smallest absolute Gasteiger partial charge is 0.179 e. The molecule has 0 aliphatic rings. The highest BCUT2D eigenvalue weighted by Crippen LogP contribution is 2.31. The van der Waals surface area contributed by atoms with Crippen LogP contribution in [0.1, 0.15) is 36.9 Å². The van der Waals surface area contributed by atoms with Gasteiger partial charge in [0.25, 0.3) is 0 Å². The molecule has 1 aromatic carbocycles. The molecular weight excluding hydrogens is 286 g/mol. The molecule has 20 heavy (non-hydrogen) atoms. The molecule has 1 heterocycles. The first-order valence-corrected chi connectivity index (χ1v) is 8.29. The van der Waals surface area contributed by atoms with Crippen molar-refractivity contribution in [2.24, 2.45) is 0 Å². The summed E-state index contributed by atoms with van der Waals surface area (Å²) < 4.78 is 1.00. The Morgan fingerprint density at radius 2 is 1.95 bits per heavy atom. The third-order valence-corrected chi connectivity index (χ3v) is 4.72. The van der Waals surface area contributed by atoms with Gasteiger partial charge in [0.05, 0.1) is 0 Å². The van der Waals surface area contributed by atoms with Crippen LogP contribution in [0.4, 0.5) is 0 Å². The summed E-state index contributed by atoms with van der Waals surface area (Å²) in [6.07, 6.45) is 0. The first kappa shape index (κ1) is 15.5. The molecule has 2 rings (SSSR count). The van der Waals surface area contributed by atoms with Crippen LogP contribution in [0.2, 0.25) is 0 Å². The van der Waals surface area contributed by atoms with Gasteiger partial charge in [-0.15, -0.1) is 10.2 Å². The molecule has 0 saturated heterocycles. The molecule has 0 saturated carbocycles. The molecule has 1 N–H and O–H groups in total. The van der Waals surface area contributed by atoms with E-state index < -0.39 is 0 Å². The molecule has 0 radical (unpaired) electrons. The Morgan fingerprint density at radius 1 is 1.20 bits per heavy atom. The topological polar surface area (TPSA) is 37.8 Å². The first-order chi connectivity index (χ1) is 9.33. The minimum absolute atomic E-state index is 0.143. The fraction of sp³-hybridized carbons (Fsp3) is 0.467. The average Bonchev–Trinajstić information content (AvgIpc) is 2.72. The van der Waals surface area contributed by atoms with Crippen LogP contribution in [0, 0.1) is 13.8 Å². The molecule has 1 aromatic heterocycles. The lowest BCUT2D eigenvalue weighted by atomic mass is 10.1. The first-order valence-electron chi connectivity index (χ1n) is 6.66. The van der Waals surface area contributed by atoms with Gasteiger partial charge in [0, 0.05) is 17.0 Å². The molecule has 0 spiro atoms. The summed E-state index contributed by atoms with van der Waals surface area (Å²) in [5.74, 6) is 0. The van der Waals surface area contributed by atoms with Crippen molar-refractivity contribution < 1.29 is 0 Å². The van der Waals surface area contributed by atoms with Gasteiger partial charge < -0.3 is 5.32 Å². The predicted molar refractivity (Wildman–Crippen MR) is 86.5 cm³/mol. The highest BCUT2D eigenvalue weighted by Gasteiger charge is 2.10. The Kier molecular flexibility index (Phi) is 4.83. The van der Waals surface area contributed by atoms with Crippen molar-refractivity contribution in [1.82, 2.24) is 15.5 Å². The SMILES string of the molecule is Cc1nnc(Sc2ccc(CNC(C)(C)C)c(C)c2)s1. The summed E-state index contributed by atoms with van der Waals surface area (Å²) in [4.78, 5) is 1.22. The molecule has 2 aromatic rings. The standard InChI is InChI=1S/C15H21N3S2/c1-10-8-13(20-14-18-17-11(2)19-14)7-6-12(10)9-16-15(3,4)5/h6-8,16H,9H2,1-5H3. The van der Waals surface area contributed by atoms with E-state index in [0.29, 0.717) is 0 Å². The zero-order valence-corrected chi connectivity index (χ0v) is 14.3. The van der Waals surface area contributed by atoms with Gasteiger partial charge in [-0.2, -0.15) is 0 Å². The van der Waals surface area contributed by atoms with E-state index in [1.165, 1.54) is 16.0 Å². The average molecular weight is 307 g/mol. The van der Waals surface area contributed by atoms with Gasteiger partial charge in [-0.3, -0.25) is 0 Å². The summed E-state index contributed by atoms with van der Waals surface area (Å²) >= 11 is 3.31. The normalized spacial score (nSPS) is 11.8. The molecule has 3 nitrogen and oxygen atoms in total. The van der Waals surface area contributed by atoms with Crippen LogP contribution in [0.3, 0.4) is 0 Å². The molecule has 0 amide bonds. The van der Waals surface area contributed by atoms with E-state index in [1.807, 2.05) is 6.92 Å². The van der Waals surface area contributed by atoms with Crippen LogP contribution in [0.25, 0.3) is 0 Å². The van der Waals surface area contributed by atoms with Crippen LogP contribution in [0.15, 0.2) is 27.4 Å². The minimum Gasteiger partial charge on any atom is -0.308 e. The fourth-order valence-electron chi connectivity index (χ4n) is 1.71. The molecule has 0 unspecified atom stereocenters. The Hall–Kier alpha value is -0.910. The quantitative estimate of drug-likeness (QED) is 0.919. The molecule has 0 aliphatic carbocycles. The third kappa shape index (κ3) is 4.58. The lowest BCUT2D eigenvalue weighted by Crippen LogP contribution is -2.35. The number of nitrogens with zero attached hydrogens (tertiary/aromatic N) is 2. The van der Waals surface area contributed by atoms with Crippen molar-refractivity contribution in [1.29, 1.82) is 0 Å². The van der Waals surface area contributed by atoms with Gasteiger partial charge >= 0.3 is 0 Å². The molecule has 0 aliphatic heterocycles. The van der Waals surface area contributed by atoms with E-state index in [2.05, 4.69) is 61.4 Å². The van der Waals surface area contributed by atoms with Crippen molar-refractivity contribution in [2.45, 2.75) is 55.9 Å². The van der Waals surface area contributed by atoms with Crippen LogP contribution in [-0.2, 0) is 6.54 Å². The Balaban J connectivity index is 2.05. The van der Waals surface area contributed by atoms with Crippen LogP contribution in [0.5, 0.6) is 0 Å². The maximum absolute atomic E-state index is 4.15. The summed E-state index contributed by atoms with van der Waals surface area (Å²) in [5.41, 5.74) is 2.80. The Labute approximate surface area is 129 Å². The number of nitrogens with one attached hydrogen (secondary N) is 1. The predicted octanol–water partition coefficient (Wildman–Crippen LogP) is 4.19. The van der Waals surface area contributed by atoms with Gasteiger partial charge in [-0.05, 0) is 57.9 Å². The van der Waals surface area contributed by atoms with E-state index in [-0.39, 0.29) is 5.54 Å². The van der Waals surface area contributed by atoms with Crippen LogP contribution < -0.4 is 5.32 Å². The van der Waals surface area contributed by atoms with E-state index in [1.54, 1.807) is 23.1 Å². The molecular formula is C15H21N3S2. The van der Waals surface area contributed by atoms with Crippen molar-refractivity contribution in [3.63, 3.8) is 0 Å². The highest BCUT2D eigenvalue weighted by molar-refractivity contribution is 8.01. The highest BCUT2D eigenvalue weighted by atomic mass is 32.2. The van der Waals surface area contributed by atoms with E-state index in [0.717, 1.165) is 15.9 Å². The second-order valence-corrected chi connectivity index (χ2v) is 8.38. The molecule has 0 bridgehead atoms. The second kappa shape index (κ2) is 6.24. The summed E-state index contributed by atoms with van der Waals surface area (Å²) in [6, 6.07) is 6.58. The minimum atomic E-state index is 0.143. The van der Waals surface area contributed by atoms with Crippen molar-refractivity contribution >= 4 is 23.1 Å². The fourth-order valence-corrected chi connectivity index (χ4v) is 3.60. The van der Waals surface area contributed by atoms with Crippen molar-refractivity contribution in [3.05, 3.63) is 34.3 Å². The number of hydrogen-bond acceptors (Lipinski definition) is 5. The number of rotatable bonds is 4. The van der Waals surface area contributed by atoms with Gasteiger partial charge in [0.1, 0.15) is 5.01 Å². The van der Waals surface area contributed by atoms with Crippen molar-refractivity contribution in [2.75, 3.05) is 0 Å². The number of aromatic nitrogens is 2. The molecule has 0 atom stereocenters. The van der Waals surface area contributed by atoms with E-state index in [9.17, 15) is 0 Å². The van der Waals surface area contributed by atoms with Gasteiger partial charge in [-0.25, -0.2) is 0 Å². The summed E-state index contributed by atoms with van der Waals surface area (Å²) in [5, 5.41) is 12.7. The summed E-state index contributed by atoms with van der Waals surface area (Å²) in [7, 11) is 0. The van der Waals surface area contributed by atoms with E-state index in [4.69, 9.17) is 0 Å². The zero-order chi connectivity index (χ0) is 14.8. The van der Waals surface area contributed by atoms with Gasteiger partial charge in [-0.1, -0.05) is 29.2 Å². The van der Waals surface area contributed by atoms with Gasteiger partial charge in [0.2, 0.25) is 0 Å². The van der Waals surface area contributed by atoms with Gasteiger partial charge in [0.15, 0.2) is 4.34 Å². The lowest BCUT2D eigenvalue weighted by Gasteiger charge is -2.21. The summed E-state index contributed by atoms with van der Waals surface area (Å²) in [6.45, 7) is 11.6. The van der Waals surface area contributed by atoms with Crippen LogP contribution >= 0.6 is 23.1 Å². The molecule has 108 valence electrons. The molecule has 5 heteroatoms. The van der Waals surface area contributed by atoms with E-state index >= 15 is 0 Å². The maximum atomic E-state index is 4.15. The number of aryl methyl sites for hydroxylation is 2. The Bertz CT molecular complexity index is 585. The maximum Gasteiger partial charge on any atom is 0.179 e. The second-order valence-electron chi connectivity index (χ2n) is 5.88. The van der Waals surface area contributed by atoms with Crippen LogP contribution in [-0.4, -0.2) is 15.7 Å². The Morgan fingerprint density at radius 3 is 2.50 bits per heavy atom. The third-order valence-electron chi connectivity index (χ3n) is 2.84. The lowest BCUT2D eigenvalue weighted by molar-refractivity contribution is 0.424. The zero-order valence-electron chi connectivity index (χ0n) is 12.7. The van der Waals surface area contributed by atoms with Crippen molar-refractivity contribution in [3.8, 4) is 0 Å².